The van der Waals surface area contributed by atoms with Crippen molar-refractivity contribution < 1.29 is 17.9 Å². The molecule has 0 N–H and O–H groups in total. The molecule has 0 bridgehead atoms. The first kappa shape index (κ1) is 75.8. The number of thiophene rings is 2. The number of thiazole rings is 1. The number of rotatable bonds is 0. The normalized spacial score (nSPS) is 10.1. The van der Waals surface area contributed by atoms with Gasteiger partial charge in [0, 0.05) is 91.6 Å². The van der Waals surface area contributed by atoms with Crippen molar-refractivity contribution in [1.29, 1.82) is 0 Å². The number of aliphatic imine (C=N–C) groups is 2. The number of azo groups is 1. The van der Waals surface area contributed by atoms with E-state index in [1.165, 1.54) is 43.0 Å². The first-order valence-electron chi connectivity index (χ1n) is 23.0. The zero-order valence-corrected chi connectivity index (χ0v) is 45.6. The maximum Gasteiger partial charge on any atom is 0.180 e. The van der Waals surface area contributed by atoms with Gasteiger partial charge in [0.1, 0.15) is 25.1 Å². The summed E-state index contributed by atoms with van der Waals surface area (Å²) in [6.07, 6.45) is 54.7. The molecule has 0 amide bonds. The van der Waals surface area contributed by atoms with E-state index >= 15 is 0 Å². The van der Waals surface area contributed by atoms with Gasteiger partial charge in [-0.15, -0.1) is 11.3 Å². The lowest BCUT2D eigenvalue weighted by Gasteiger charge is -1.70. The van der Waals surface area contributed by atoms with Crippen LogP contribution in [-0.4, -0.2) is 75.3 Å². The lowest BCUT2D eigenvalue weighted by Crippen LogP contribution is -1.69. The van der Waals surface area contributed by atoms with Crippen LogP contribution in [0.3, 0.4) is 0 Å². The molecule has 0 fully saturated rings. The van der Waals surface area contributed by atoms with E-state index in [0.29, 0.717) is 0 Å². The largest absolute Gasteiger partial charge is 0.473 e. The Morgan fingerprint density at radius 1 is 0.395 bits per heavy atom. The summed E-state index contributed by atoms with van der Waals surface area (Å²) in [6, 6.07) is 28.2. The summed E-state index contributed by atoms with van der Waals surface area (Å²) in [5, 5.41) is 32.9. The second kappa shape index (κ2) is 72.6. The molecule has 4 aliphatic rings. The van der Waals surface area contributed by atoms with Gasteiger partial charge in [0.15, 0.2) is 6.39 Å². The van der Waals surface area contributed by atoms with E-state index in [0.717, 1.165) is 25.9 Å². The molecular formula is C59H72N14O4S4. The van der Waals surface area contributed by atoms with Crippen LogP contribution in [0.25, 0.3) is 0 Å². The molecule has 0 radical (unpaired) electrons. The topological polar surface area (TPSA) is 231 Å². The quantitative estimate of drug-likeness (QED) is 0.137. The smallest absolute Gasteiger partial charge is 0.180 e. The number of aromatic nitrogens is 10. The monoisotopic (exact) mass is 1170 g/mol. The highest BCUT2D eigenvalue weighted by Gasteiger charge is 1.75. The van der Waals surface area contributed by atoms with E-state index < -0.39 is 0 Å². The number of oxazole rings is 1. The van der Waals surface area contributed by atoms with Crippen molar-refractivity contribution in [3.8, 4) is 0 Å². The van der Waals surface area contributed by atoms with Crippen LogP contribution in [0.15, 0.2) is 340 Å². The molecule has 11 aromatic rings. The number of hydrogen-bond donors (Lipinski definition) is 0. The average molecular weight is 1170 g/mol. The fourth-order valence-corrected chi connectivity index (χ4v) is 5.23. The van der Waals surface area contributed by atoms with E-state index in [2.05, 4.69) is 112 Å². The number of hydrogen-bond acceptors (Lipinski definition) is 22. The molecule has 0 saturated heterocycles. The molecule has 11 aromatic heterocycles. The second-order valence-electron chi connectivity index (χ2n) is 12.4. The van der Waals surface area contributed by atoms with Crippen LogP contribution in [0.1, 0.15) is 35.1 Å². The number of furan rings is 1. The molecule has 0 aromatic carbocycles. The third-order valence-electron chi connectivity index (χ3n) is 6.71. The molecule has 1 aliphatic carbocycles. The predicted molar refractivity (Wildman–Crippen MR) is 336 cm³/mol. The lowest BCUT2D eigenvalue weighted by atomic mass is 10.5. The van der Waals surface area contributed by atoms with E-state index in [-0.39, 0.29) is 22.3 Å². The minimum atomic E-state index is 0. The van der Waals surface area contributed by atoms with Gasteiger partial charge in [0.2, 0.25) is 0 Å². The van der Waals surface area contributed by atoms with Gasteiger partial charge in [-0.05, 0) is 112 Å². The van der Waals surface area contributed by atoms with Crippen LogP contribution in [0.5, 0.6) is 0 Å². The first-order chi connectivity index (χ1) is 39.0. The van der Waals surface area contributed by atoms with E-state index in [1.807, 2.05) is 136 Å². The van der Waals surface area contributed by atoms with Crippen molar-refractivity contribution in [3.63, 3.8) is 0 Å². The van der Waals surface area contributed by atoms with Crippen LogP contribution in [0.2, 0.25) is 0 Å². The van der Waals surface area contributed by atoms with Gasteiger partial charge in [-0.3, -0.25) is 20.0 Å². The summed E-state index contributed by atoms with van der Waals surface area (Å²) in [5.74, 6) is 0. The Hall–Kier alpha value is -9.48. The minimum absolute atomic E-state index is 0. The molecule has 18 nitrogen and oxygen atoms in total. The average Bonchev–Trinajstić information content (AvgIpc) is 4.36. The molecule has 81 heavy (non-hydrogen) atoms. The van der Waals surface area contributed by atoms with Crippen molar-refractivity contribution in [3.05, 3.63) is 302 Å². The summed E-state index contributed by atoms with van der Waals surface area (Å²) in [6.45, 7) is 1.67. The fourth-order valence-electron chi connectivity index (χ4n) is 3.62. The minimum Gasteiger partial charge on any atom is -0.473 e. The summed E-state index contributed by atoms with van der Waals surface area (Å²) < 4.78 is 21.5. The highest BCUT2D eigenvalue weighted by atomic mass is 32.1. The van der Waals surface area contributed by atoms with Crippen molar-refractivity contribution >= 4 is 58.0 Å². The molecule has 426 valence electrons. The van der Waals surface area contributed by atoms with E-state index in [4.69, 9.17) is 0 Å². The molecule has 0 spiro atoms. The Labute approximate surface area is 493 Å². The van der Waals surface area contributed by atoms with Gasteiger partial charge in [-0.1, -0.05) is 99.4 Å². The molecule has 3 aliphatic heterocycles. The SMILES string of the molecule is C.C.C.C1=CCC=C1.C1=CCN=C1.C1=CN=CC1.C1=CN=NC1.c1ccncc1.c1ccnnc1.c1ccoc1.c1ccsc1.c1ccsc1.c1cncnc1.c1cnoc1.c1cnoc1.c1cnsc1.c1cocn1.c1cscn1. The van der Waals surface area contributed by atoms with E-state index in [1.54, 1.807) is 157 Å². The fraction of sp³-hybridized carbons (Fsp3) is 0.119. The molecular weight excluding hydrogens is 1100 g/mol. The summed E-state index contributed by atoms with van der Waals surface area (Å²) in [7, 11) is 0. The van der Waals surface area contributed by atoms with Gasteiger partial charge < -0.3 is 17.9 Å². The number of nitrogens with zero attached hydrogens (tertiary/aromatic N) is 14. The van der Waals surface area contributed by atoms with Gasteiger partial charge in [-0.25, -0.2) is 19.3 Å². The standard InChI is InChI=1S/C5H5N.C5H6.2C4H4N2.2C4H5N.C4H4O.2C4H4S.C3H4N2.3C3H3NO.2C3H3NS.3CH4/c1-2-4-6-5-3-1;1-2-4-5-3-1;1-2-5-4-6-3-1;1-2-4-6-5-3-1;6*1-2-4-5-3-1;1-2-5-3-4-1;2*1-2-4-5-3-1;1-2-5-3-4-1;1-2-4-5-3-1;;;/h1-5H;1-4H,5H2;2*1-4H;1,3-4H,2H2;1-3H,4H2;3*1-4H;1-2H,3H2;5*1-3H;3*1H4. The molecule has 0 saturated carbocycles. The van der Waals surface area contributed by atoms with Gasteiger partial charge in [0.25, 0.3) is 0 Å². The lowest BCUT2D eigenvalue weighted by molar-refractivity contribution is 0.419. The zero-order valence-electron chi connectivity index (χ0n) is 42.4. The summed E-state index contributed by atoms with van der Waals surface area (Å²) in [5.41, 5.74) is 1.79. The highest BCUT2D eigenvalue weighted by Crippen LogP contribution is 1.94. The maximum atomic E-state index is 4.58. The Kier molecular flexibility index (Phi) is 67.9. The molecule has 14 heterocycles. The molecule has 15 rings (SSSR count). The van der Waals surface area contributed by atoms with Crippen molar-refractivity contribution in [1.82, 2.24) is 49.8 Å². The van der Waals surface area contributed by atoms with Gasteiger partial charge >= 0.3 is 0 Å². The van der Waals surface area contributed by atoms with Crippen LogP contribution in [0.4, 0.5) is 0 Å². The Balaban J connectivity index is -0.000000803. The van der Waals surface area contributed by atoms with Crippen LogP contribution in [0, 0.1) is 0 Å². The van der Waals surface area contributed by atoms with Crippen LogP contribution < -0.4 is 0 Å². The number of allylic oxidation sites excluding steroid dienone is 6. The molecule has 0 unspecified atom stereocenters. The summed E-state index contributed by atoms with van der Waals surface area (Å²) in [4.78, 5) is 26.1. The molecule has 0 atom stereocenters. The number of pyridine rings is 1. The second-order valence-corrected chi connectivity index (χ2v) is 15.5. The van der Waals surface area contributed by atoms with Crippen molar-refractivity contribution in [2.75, 3.05) is 13.1 Å². The highest BCUT2D eigenvalue weighted by molar-refractivity contribution is 7.08. The molecule has 22 heteroatoms. The Morgan fingerprint density at radius 3 is 1.21 bits per heavy atom. The van der Waals surface area contributed by atoms with Gasteiger partial charge in [-0.2, -0.15) is 43.1 Å². The van der Waals surface area contributed by atoms with Crippen LogP contribution in [-0.2, 0) is 0 Å². The Bertz CT molecular complexity index is 2050. The first-order valence-corrected chi connectivity index (χ1v) is 26.7. The Morgan fingerprint density at radius 2 is 1.05 bits per heavy atom. The maximum absolute atomic E-state index is 4.58. The predicted octanol–water partition coefficient (Wildman–Crippen LogP) is 17.1. The van der Waals surface area contributed by atoms with Crippen LogP contribution >= 0.6 is 45.5 Å². The van der Waals surface area contributed by atoms with E-state index in [9.17, 15) is 0 Å². The summed E-state index contributed by atoms with van der Waals surface area (Å²) >= 11 is 6.49. The van der Waals surface area contributed by atoms with Crippen molar-refractivity contribution in [2.24, 2.45) is 20.2 Å². The third-order valence-corrected chi connectivity index (χ3v) is 9.01. The zero-order chi connectivity index (χ0) is 55.2. The van der Waals surface area contributed by atoms with Gasteiger partial charge in [0.05, 0.1) is 49.7 Å². The third kappa shape index (κ3) is 70.5. The van der Waals surface area contributed by atoms with Crippen molar-refractivity contribution in [2.45, 2.75) is 35.1 Å².